The van der Waals surface area contributed by atoms with Crippen molar-refractivity contribution in [2.75, 3.05) is 26.2 Å². The van der Waals surface area contributed by atoms with Crippen molar-refractivity contribution in [3.05, 3.63) is 47.0 Å². The molecule has 1 atom stereocenters. The molecule has 3 heterocycles. The molecule has 0 radical (unpaired) electrons. The quantitative estimate of drug-likeness (QED) is 0.826. The summed E-state index contributed by atoms with van der Waals surface area (Å²) in [6, 6.07) is 3.01. The second kappa shape index (κ2) is 6.61. The number of carbonyl (C=O) groups excluding carboxylic acids is 1. The molecular formula is C18H22F2N2O2. The molecular weight excluding hydrogens is 314 g/mol. The summed E-state index contributed by atoms with van der Waals surface area (Å²) in [5, 5.41) is 13.0. The Labute approximate surface area is 140 Å². The predicted molar refractivity (Wildman–Crippen MR) is 86.2 cm³/mol. The zero-order valence-corrected chi connectivity index (χ0v) is 13.7. The number of amides is 1. The number of hydrogen-bond donors (Lipinski definition) is 2. The SMILES string of the molecule is CC(O)(CNC(=O)/C=C1/CN2CCC1CC2)c1ccc(F)cc1F. The fourth-order valence-electron chi connectivity index (χ4n) is 3.51. The van der Waals surface area contributed by atoms with Gasteiger partial charge in [0.1, 0.15) is 17.2 Å². The smallest absolute Gasteiger partial charge is 0.244 e. The lowest BCUT2D eigenvalue weighted by Crippen LogP contribution is -2.44. The first-order chi connectivity index (χ1) is 11.3. The summed E-state index contributed by atoms with van der Waals surface area (Å²) in [5.74, 6) is -1.36. The number of halogens is 2. The van der Waals surface area contributed by atoms with Crippen LogP contribution in [-0.4, -0.2) is 42.1 Å². The average molecular weight is 336 g/mol. The van der Waals surface area contributed by atoms with Crippen LogP contribution in [0.5, 0.6) is 0 Å². The van der Waals surface area contributed by atoms with E-state index < -0.39 is 17.2 Å². The van der Waals surface area contributed by atoms with Crippen LogP contribution in [0.1, 0.15) is 25.3 Å². The maximum absolute atomic E-state index is 13.8. The maximum Gasteiger partial charge on any atom is 0.244 e. The van der Waals surface area contributed by atoms with Gasteiger partial charge in [0.15, 0.2) is 0 Å². The summed E-state index contributed by atoms with van der Waals surface area (Å²) in [4.78, 5) is 14.5. The van der Waals surface area contributed by atoms with Crippen LogP contribution in [0.2, 0.25) is 0 Å². The van der Waals surface area contributed by atoms with Gasteiger partial charge in [0, 0.05) is 24.3 Å². The molecule has 1 amide bonds. The van der Waals surface area contributed by atoms with E-state index in [1.165, 1.54) is 13.0 Å². The third-order valence-electron chi connectivity index (χ3n) is 4.95. The monoisotopic (exact) mass is 336 g/mol. The highest BCUT2D eigenvalue weighted by molar-refractivity contribution is 5.88. The van der Waals surface area contributed by atoms with E-state index in [-0.39, 0.29) is 18.0 Å². The van der Waals surface area contributed by atoms with Gasteiger partial charge < -0.3 is 10.4 Å². The summed E-state index contributed by atoms with van der Waals surface area (Å²) in [6.45, 7) is 4.24. The van der Waals surface area contributed by atoms with Gasteiger partial charge in [-0.2, -0.15) is 0 Å². The molecule has 3 saturated heterocycles. The van der Waals surface area contributed by atoms with Crippen LogP contribution in [-0.2, 0) is 10.4 Å². The standard InChI is InChI=1S/C18H22F2N2O2/c1-18(24,15-3-2-14(19)9-16(15)20)11-21-17(23)8-13-10-22-6-4-12(13)5-7-22/h2-3,8-9,12,24H,4-7,10-11H2,1H3,(H,21,23)/b13-8-. The van der Waals surface area contributed by atoms with Crippen molar-refractivity contribution in [2.45, 2.75) is 25.4 Å². The number of nitrogens with one attached hydrogen (secondary N) is 1. The molecule has 2 N–H and O–H groups in total. The van der Waals surface area contributed by atoms with Crippen molar-refractivity contribution >= 4 is 5.91 Å². The molecule has 6 heteroatoms. The molecule has 1 aromatic carbocycles. The van der Waals surface area contributed by atoms with Gasteiger partial charge in [0.05, 0.1) is 6.54 Å². The van der Waals surface area contributed by atoms with Crippen molar-refractivity contribution in [1.29, 1.82) is 0 Å². The van der Waals surface area contributed by atoms with Crippen molar-refractivity contribution in [2.24, 2.45) is 5.92 Å². The van der Waals surface area contributed by atoms with Gasteiger partial charge in [-0.1, -0.05) is 6.07 Å². The fraction of sp³-hybridized carbons (Fsp3) is 0.500. The molecule has 1 aromatic rings. The van der Waals surface area contributed by atoms with Gasteiger partial charge in [-0.15, -0.1) is 0 Å². The number of carbonyl (C=O) groups is 1. The first-order valence-corrected chi connectivity index (χ1v) is 8.24. The predicted octanol–water partition coefficient (Wildman–Crippen LogP) is 1.94. The van der Waals surface area contributed by atoms with Crippen molar-refractivity contribution in [3.8, 4) is 0 Å². The number of fused-ring (bicyclic) bond motifs is 3. The number of benzene rings is 1. The number of hydrogen-bond acceptors (Lipinski definition) is 3. The number of nitrogens with zero attached hydrogens (tertiary/aromatic N) is 1. The van der Waals surface area contributed by atoms with Crippen LogP contribution < -0.4 is 5.32 Å². The first kappa shape index (κ1) is 17.0. The second-order valence-corrected chi connectivity index (χ2v) is 6.89. The Morgan fingerprint density at radius 3 is 2.71 bits per heavy atom. The number of aliphatic hydroxyl groups is 1. The zero-order chi connectivity index (χ0) is 17.3. The van der Waals surface area contributed by atoms with Gasteiger partial charge in [-0.3, -0.25) is 9.69 Å². The lowest BCUT2D eigenvalue weighted by Gasteiger charge is -2.41. The van der Waals surface area contributed by atoms with Crippen molar-refractivity contribution in [3.63, 3.8) is 0 Å². The molecule has 0 aromatic heterocycles. The Balaban J connectivity index is 1.63. The van der Waals surface area contributed by atoms with Gasteiger partial charge >= 0.3 is 0 Å². The molecule has 0 saturated carbocycles. The van der Waals surface area contributed by atoms with E-state index in [4.69, 9.17) is 0 Å². The molecule has 1 unspecified atom stereocenters. The lowest BCUT2D eigenvalue weighted by molar-refractivity contribution is -0.117. The highest BCUT2D eigenvalue weighted by Crippen LogP contribution is 2.31. The summed E-state index contributed by atoms with van der Waals surface area (Å²) in [5.41, 5.74) is -0.529. The summed E-state index contributed by atoms with van der Waals surface area (Å²) < 4.78 is 26.8. The molecule has 4 nitrogen and oxygen atoms in total. The van der Waals surface area contributed by atoms with E-state index in [0.29, 0.717) is 5.92 Å². The normalized spacial score (nSPS) is 27.1. The Hall–Kier alpha value is -1.79. The van der Waals surface area contributed by atoms with E-state index in [2.05, 4.69) is 10.2 Å². The molecule has 3 fully saturated rings. The van der Waals surface area contributed by atoms with Gasteiger partial charge in [0.2, 0.25) is 5.91 Å². The minimum absolute atomic E-state index is 0.0420. The largest absolute Gasteiger partial charge is 0.383 e. The molecule has 24 heavy (non-hydrogen) atoms. The fourth-order valence-corrected chi connectivity index (χ4v) is 3.51. The third-order valence-corrected chi connectivity index (χ3v) is 4.95. The summed E-state index contributed by atoms with van der Waals surface area (Å²) >= 11 is 0. The Kier molecular flexibility index (Phi) is 4.69. The van der Waals surface area contributed by atoms with Crippen molar-refractivity contribution < 1.29 is 18.7 Å². The van der Waals surface area contributed by atoms with Crippen LogP contribution >= 0.6 is 0 Å². The zero-order valence-electron chi connectivity index (χ0n) is 13.7. The van der Waals surface area contributed by atoms with E-state index in [1.807, 2.05) is 0 Å². The molecule has 2 bridgehead atoms. The summed E-state index contributed by atoms with van der Waals surface area (Å²) in [6.07, 6.45) is 3.77. The van der Waals surface area contributed by atoms with E-state index in [9.17, 15) is 18.7 Å². The van der Waals surface area contributed by atoms with E-state index in [1.54, 1.807) is 6.08 Å². The van der Waals surface area contributed by atoms with E-state index >= 15 is 0 Å². The lowest BCUT2D eigenvalue weighted by atomic mass is 9.83. The molecule has 3 aliphatic rings. The van der Waals surface area contributed by atoms with Gasteiger partial charge in [-0.25, -0.2) is 8.78 Å². The molecule has 3 aliphatic heterocycles. The van der Waals surface area contributed by atoms with E-state index in [0.717, 1.165) is 50.2 Å². The summed E-state index contributed by atoms with van der Waals surface area (Å²) in [7, 11) is 0. The highest BCUT2D eigenvalue weighted by Gasteiger charge is 2.30. The minimum Gasteiger partial charge on any atom is -0.383 e. The minimum atomic E-state index is -1.61. The maximum atomic E-state index is 13.8. The average Bonchev–Trinajstić information content (AvgIpc) is 2.54. The van der Waals surface area contributed by atoms with Crippen LogP contribution in [0.25, 0.3) is 0 Å². The van der Waals surface area contributed by atoms with Crippen LogP contribution in [0.15, 0.2) is 29.8 Å². The second-order valence-electron chi connectivity index (χ2n) is 6.89. The van der Waals surface area contributed by atoms with Gasteiger partial charge in [-0.05, 0) is 50.4 Å². The van der Waals surface area contributed by atoms with Crippen LogP contribution in [0.4, 0.5) is 8.78 Å². The first-order valence-electron chi connectivity index (χ1n) is 8.24. The van der Waals surface area contributed by atoms with Crippen molar-refractivity contribution in [1.82, 2.24) is 10.2 Å². The molecule has 0 aliphatic carbocycles. The number of piperidine rings is 3. The van der Waals surface area contributed by atoms with Gasteiger partial charge in [0.25, 0.3) is 0 Å². The highest BCUT2D eigenvalue weighted by atomic mass is 19.1. The third kappa shape index (κ3) is 3.65. The molecule has 0 spiro atoms. The topological polar surface area (TPSA) is 52.6 Å². The Bertz CT molecular complexity index is 665. The number of rotatable bonds is 4. The molecule has 4 rings (SSSR count). The Morgan fingerprint density at radius 2 is 2.12 bits per heavy atom. The van der Waals surface area contributed by atoms with Crippen LogP contribution in [0.3, 0.4) is 0 Å². The molecule has 130 valence electrons. The van der Waals surface area contributed by atoms with Crippen LogP contribution in [0, 0.1) is 17.6 Å². The Morgan fingerprint density at radius 1 is 1.42 bits per heavy atom.